The van der Waals surface area contributed by atoms with E-state index in [1.165, 1.54) is 23.5 Å². The predicted molar refractivity (Wildman–Crippen MR) is 218 cm³/mol. The number of nitrogens with one attached hydrogen (secondary N) is 2. The molecule has 1 unspecified atom stereocenters. The van der Waals surface area contributed by atoms with E-state index in [2.05, 4.69) is 10.6 Å². The first kappa shape index (κ1) is 46.0. The van der Waals surface area contributed by atoms with Crippen molar-refractivity contribution in [1.29, 1.82) is 0 Å². The van der Waals surface area contributed by atoms with Crippen LogP contribution in [-0.2, 0) is 55.8 Å². The number of fused-ring (bicyclic) bond motifs is 1. The molecule has 3 aromatic carbocycles. The number of sulfonamides is 1. The molecule has 59 heavy (non-hydrogen) atoms. The smallest absolute Gasteiger partial charge is 0.407 e. The number of aliphatic hydroxyl groups excluding tert-OH is 1. The topological polar surface area (TPSA) is 197 Å². The summed E-state index contributed by atoms with van der Waals surface area (Å²) in [7, 11) is -6.30. The van der Waals surface area contributed by atoms with Crippen LogP contribution in [0.3, 0.4) is 0 Å². The third-order valence-electron chi connectivity index (χ3n) is 9.71. The standard InChI is InChI=1S/C41H56N3O13PS/c1-5-52-39(46)28-55-58(48,57-33-9-7-6-8-10-33)22-20-42-24-31-13-11-30(12-14-31)23-36(43-41(47)56-38-27-54-40-35(38)19-21-53-40)37(45)26-44(25-29(2)3)59(49,50)34-17-15-32(51-4)16-18-34/h6-18,29,35-38,40,42,45H,5,19-28H2,1-4H3,(H,43,47)/t35-,36+,37-,38-,40+,58?/m0/s1. The summed E-state index contributed by atoms with van der Waals surface area (Å²) in [6.45, 7) is 6.23. The summed E-state index contributed by atoms with van der Waals surface area (Å²) in [6, 6.07) is 21.1. The quantitative estimate of drug-likeness (QED) is 0.0672. The number of carbonyl (C=O) groups excluding carboxylic acids is 2. The Labute approximate surface area is 346 Å². The number of methoxy groups -OCH3 is 1. The van der Waals surface area contributed by atoms with Crippen LogP contribution >= 0.6 is 7.60 Å². The maximum Gasteiger partial charge on any atom is 0.407 e. The van der Waals surface area contributed by atoms with Gasteiger partial charge < -0.3 is 43.9 Å². The van der Waals surface area contributed by atoms with Gasteiger partial charge >= 0.3 is 19.7 Å². The zero-order valence-electron chi connectivity index (χ0n) is 33.9. The highest BCUT2D eigenvalue weighted by molar-refractivity contribution is 7.89. The predicted octanol–water partition coefficient (Wildman–Crippen LogP) is 4.74. The Morgan fingerprint density at radius 3 is 2.36 bits per heavy atom. The molecule has 6 atom stereocenters. The number of hydrogen-bond donors (Lipinski definition) is 3. The highest BCUT2D eigenvalue weighted by Gasteiger charge is 2.44. The molecule has 3 N–H and O–H groups in total. The van der Waals surface area contributed by atoms with Crippen molar-refractivity contribution in [3.8, 4) is 11.5 Å². The van der Waals surface area contributed by atoms with Gasteiger partial charge in [-0.2, -0.15) is 4.31 Å². The van der Waals surface area contributed by atoms with Crippen molar-refractivity contribution in [3.05, 3.63) is 90.0 Å². The van der Waals surface area contributed by atoms with Crippen LogP contribution in [0, 0.1) is 11.8 Å². The van der Waals surface area contributed by atoms with E-state index in [9.17, 15) is 27.7 Å². The summed E-state index contributed by atoms with van der Waals surface area (Å²) in [5.41, 5.74) is 1.64. The average molecular weight is 862 g/mol. The van der Waals surface area contributed by atoms with Gasteiger partial charge in [0.15, 0.2) is 12.9 Å². The van der Waals surface area contributed by atoms with Crippen LogP contribution in [0.25, 0.3) is 0 Å². The van der Waals surface area contributed by atoms with E-state index in [0.717, 1.165) is 11.1 Å². The number of ether oxygens (including phenoxy) is 5. The molecule has 0 bridgehead atoms. The normalized spacial score (nSPS) is 19.7. The second-order valence-corrected chi connectivity index (χ2v) is 18.7. The van der Waals surface area contributed by atoms with E-state index < -0.39 is 60.8 Å². The Kier molecular flexibility index (Phi) is 17.1. The van der Waals surface area contributed by atoms with Crippen molar-refractivity contribution in [2.45, 2.75) is 69.6 Å². The van der Waals surface area contributed by atoms with E-state index in [-0.39, 0.29) is 62.2 Å². The zero-order chi connectivity index (χ0) is 42.4. The molecule has 2 fully saturated rings. The van der Waals surface area contributed by atoms with Crippen LogP contribution in [0.1, 0.15) is 38.3 Å². The summed E-state index contributed by atoms with van der Waals surface area (Å²) < 4.78 is 80.8. The van der Waals surface area contributed by atoms with E-state index in [4.69, 9.17) is 32.7 Å². The molecule has 0 aliphatic carbocycles. The van der Waals surface area contributed by atoms with E-state index in [1.54, 1.807) is 49.4 Å². The Morgan fingerprint density at radius 1 is 0.966 bits per heavy atom. The number of alkyl carbamates (subject to hydrolysis) is 1. The molecule has 2 heterocycles. The second kappa shape index (κ2) is 22.0. The minimum Gasteiger partial charge on any atom is -0.497 e. The monoisotopic (exact) mass is 861 g/mol. The lowest BCUT2D eigenvalue weighted by atomic mass is 10.00. The van der Waals surface area contributed by atoms with Gasteiger partial charge in [0.2, 0.25) is 10.0 Å². The van der Waals surface area contributed by atoms with Crippen LogP contribution < -0.4 is 19.9 Å². The van der Waals surface area contributed by atoms with E-state index >= 15 is 0 Å². The lowest BCUT2D eigenvalue weighted by Crippen LogP contribution is -2.51. The molecule has 1 amide bonds. The molecule has 18 heteroatoms. The van der Waals surface area contributed by atoms with Gasteiger partial charge in [-0.25, -0.2) is 22.6 Å². The molecular weight excluding hydrogens is 805 g/mol. The molecule has 3 aromatic rings. The Hall–Kier alpha value is -4.06. The highest BCUT2D eigenvalue weighted by atomic mass is 32.2. The Bertz CT molecular complexity index is 1940. The third kappa shape index (κ3) is 13.7. The van der Waals surface area contributed by atoms with Gasteiger partial charge in [0.1, 0.15) is 17.6 Å². The number of amides is 1. The second-order valence-electron chi connectivity index (χ2n) is 14.7. The van der Waals surface area contributed by atoms with Crippen molar-refractivity contribution < 1.29 is 60.4 Å². The van der Waals surface area contributed by atoms with Gasteiger partial charge in [0.05, 0.1) is 56.1 Å². The first-order valence-electron chi connectivity index (χ1n) is 19.7. The van der Waals surface area contributed by atoms with Crippen molar-refractivity contribution in [2.75, 3.05) is 59.3 Å². The Morgan fingerprint density at radius 2 is 1.68 bits per heavy atom. The largest absolute Gasteiger partial charge is 0.497 e. The molecule has 2 saturated heterocycles. The zero-order valence-corrected chi connectivity index (χ0v) is 35.6. The van der Waals surface area contributed by atoms with Gasteiger partial charge in [-0.15, -0.1) is 0 Å². The fourth-order valence-electron chi connectivity index (χ4n) is 6.69. The first-order chi connectivity index (χ1) is 28.3. The lowest BCUT2D eigenvalue weighted by molar-refractivity contribution is -0.145. The number of aliphatic hydroxyl groups is 1. The SMILES string of the molecule is CCOC(=O)COP(=O)(CCNCc1ccc(C[C@@H](NC(=O)O[C@H]2CO[C@H]3OCC[C@H]32)[C@@H](O)CN(CC(C)C)S(=O)(=O)c2ccc(OC)cc2)cc1)Oc1ccccc1. The number of nitrogens with zero attached hydrogens (tertiary/aromatic N) is 1. The van der Waals surface area contributed by atoms with E-state index in [1.807, 2.05) is 38.1 Å². The fraction of sp³-hybridized carbons (Fsp3) is 0.512. The molecule has 0 aromatic heterocycles. The molecule has 0 saturated carbocycles. The fourth-order valence-corrected chi connectivity index (χ4v) is 9.76. The number of hydrogen-bond acceptors (Lipinski definition) is 14. The summed E-state index contributed by atoms with van der Waals surface area (Å²) >= 11 is 0. The van der Waals surface area contributed by atoms with Crippen LogP contribution in [0.4, 0.5) is 4.79 Å². The summed E-state index contributed by atoms with van der Waals surface area (Å²) in [5, 5.41) is 17.8. The molecule has 2 aliphatic rings. The van der Waals surface area contributed by atoms with Gasteiger partial charge in [0, 0.05) is 26.2 Å². The minimum atomic E-state index is -4.05. The Balaban J connectivity index is 1.24. The van der Waals surface area contributed by atoms with Crippen LogP contribution in [0.2, 0.25) is 0 Å². The maximum absolute atomic E-state index is 13.9. The van der Waals surface area contributed by atoms with E-state index in [0.29, 0.717) is 31.1 Å². The molecular formula is C41H56N3O13PS. The number of carbonyl (C=O) groups is 2. The van der Waals surface area contributed by atoms with Gasteiger partial charge in [-0.1, -0.05) is 56.3 Å². The number of esters is 1. The van der Waals surface area contributed by atoms with Gasteiger partial charge in [-0.3, -0.25) is 4.52 Å². The summed E-state index contributed by atoms with van der Waals surface area (Å²) in [6.07, 6.45) is -2.23. The van der Waals surface area contributed by atoms with Gasteiger partial charge in [-0.05, 0) is 73.2 Å². The maximum atomic E-state index is 13.9. The molecule has 324 valence electrons. The summed E-state index contributed by atoms with van der Waals surface area (Å²) in [5.74, 6) is 0.0342. The molecule has 2 aliphatic heterocycles. The van der Waals surface area contributed by atoms with Crippen molar-refractivity contribution in [3.63, 3.8) is 0 Å². The van der Waals surface area contributed by atoms with Crippen molar-refractivity contribution >= 4 is 29.7 Å². The van der Waals surface area contributed by atoms with Gasteiger partial charge in [0.25, 0.3) is 0 Å². The lowest BCUT2D eigenvalue weighted by Gasteiger charge is -2.31. The molecule has 16 nitrogen and oxygen atoms in total. The number of para-hydroxylation sites is 1. The number of benzene rings is 3. The third-order valence-corrected chi connectivity index (χ3v) is 13.3. The molecule has 0 radical (unpaired) electrons. The minimum absolute atomic E-state index is 0.0237. The van der Waals surface area contributed by atoms with Crippen molar-refractivity contribution in [1.82, 2.24) is 14.9 Å². The van der Waals surface area contributed by atoms with Crippen LogP contribution in [0.5, 0.6) is 11.5 Å². The average Bonchev–Trinajstić information content (AvgIpc) is 3.84. The highest BCUT2D eigenvalue weighted by Crippen LogP contribution is 2.47. The van der Waals surface area contributed by atoms with Crippen LogP contribution in [0.15, 0.2) is 83.8 Å². The number of rotatable bonds is 23. The van der Waals surface area contributed by atoms with Crippen LogP contribution in [-0.4, -0.2) is 114 Å². The van der Waals surface area contributed by atoms with Crippen molar-refractivity contribution in [2.24, 2.45) is 11.8 Å². The molecule has 0 spiro atoms. The molecule has 5 rings (SSSR count). The first-order valence-corrected chi connectivity index (χ1v) is 22.9. The summed E-state index contributed by atoms with van der Waals surface area (Å²) in [4.78, 5) is 25.3.